The first-order chi connectivity index (χ1) is 14.5. The molecule has 6 heteroatoms. The standard InChI is InChI=1S/C24H30FN5/c1-4-26-23(29-18-24(2,3)20-11-8-12-21(25)15-20)28-16-22-27-13-14-30(22)17-19-9-6-5-7-10-19/h5-15H,4,16-18H2,1-3H3,(H2,26,28,29). The third kappa shape index (κ3) is 5.92. The number of hydrogen-bond donors (Lipinski definition) is 2. The summed E-state index contributed by atoms with van der Waals surface area (Å²) < 4.78 is 15.7. The second-order valence-electron chi connectivity index (χ2n) is 7.90. The fourth-order valence-electron chi connectivity index (χ4n) is 3.22. The number of rotatable bonds is 8. The quantitative estimate of drug-likeness (QED) is 0.437. The monoisotopic (exact) mass is 407 g/mol. The van der Waals surface area contributed by atoms with Gasteiger partial charge in [0.1, 0.15) is 18.2 Å². The van der Waals surface area contributed by atoms with E-state index < -0.39 is 0 Å². The molecule has 0 bridgehead atoms. The number of aliphatic imine (C=N–C) groups is 1. The van der Waals surface area contributed by atoms with Gasteiger partial charge in [-0.1, -0.05) is 56.3 Å². The third-order valence-corrected chi connectivity index (χ3v) is 5.02. The molecule has 0 aliphatic carbocycles. The van der Waals surface area contributed by atoms with Crippen molar-refractivity contribution in [2.45, 2.75) is 39.3 Å². The van der Waals surface area contributed by atoms with Crippen molar-refractivity contribution < 1.29 is 4.39 Å². The molecule has 3 aromatic rings. The van der Waals surface area contributed by atoms with Crippen LogP contribution in [0.3, 0.4) is 0 Å². The molecule has 30 heavy (non-hydrogen) atoms. The summed E-state index contributed by atoms with van der Waals surface area (Å²) in [5.41, 5.74) is 1.93. The summed E-state index contributed by atoms with van der Waals surface area (Å²) in [4.78, 5) is 9.18. The molecule has 0 aliphatic rings. The number of nitrogens with zero attached hydrogens (tertiary/aromatic N) is 3. The van der Waals surface area contributed by atoms with Crippen LogP contribution in [0.5, 0.6) is 0 Å². The highest BCUT2D eigenvalue weighted by atomic mass is 19.1. The summed E-state index contributed by atoms with van der Waals surface area (Å²) in [7, 11) is 0. The molecule has 0 atom stereocenters. The molecule has 0 saturated heterocycles. The van der Waals surface area contributed by atoms with Crippen LogP contribution in [-0.4, -0.2) is 28.6 Å². The van der Waals surface area contributed by atoms with Gasteiger partial charge in [-0.05, 0) is 30.2 Å². The summed E-state index contributed by atoms with van der Waals surface area (Å²) in [5, 5.41) is 6.67. The summed E-state index contributed by atoms with van der Waals surface area (Å²) in [6.07, 6.45) is 3.78. The van der Waals surface area contributed by atoms with Gasteiger partial charge in [0.25, 0.3) is 0 Å². The molecule has 0 spiro atoms. The molecule has 3 rings (SSSR count). The van der Waals surface area contributed by atoms with E-state index in [1.807, 2.05) is 37.4 Å². The highest BCUT2D eigenvalue weighted by Gasteiger charge is 2.21. The van der Waals surface area contributed by atoms with Crippen molar-refractivity contribution in [3.8, 4) is 0 Å². The van der Waals surface area contributed by atoms with E-state index in [2.05, 4.69) is 46.2 Å². The van der Waals surface area contributed by atoms with E-state index in [9.17, 15) is 4.39 Å². The van der Waals surface area contributed by atoms with E-state index >= 15 is 0 Å². The average molecular weight is 408 g/mol. The zero-order valence-electron chi connectivity index (χ0n) is 17.9. The van der Waals surface area contributed by atoms with Gasteiger partial charge in [0, 0.05) is 37.4 Å². The Morgan fingerprint density at radius 1 is 1.10 bits per heavy atom. The number of nitrogens with one attached hydrogen (secondary N) is 2. The molecule has 1 heterocycles. The van der Waals surface area contributed by atoms with Crippen molar-refractivity contribution >= 4 is 5.96 Å². The Morgan fingerprint density at radius 2 is 1.90 bits per heavy atom. The summed E-state index contributed by atoms with van der Waals surface area (Å²) in [5.74, 6) is 1.41. The topological polar surface area (TPSA) is 54.2 Å². The molecule has 158 valence electrons. The number of aromatic nitrogens is 2. The van der Waals surface area contributed by atoms with Crippen LogP contribution in [0.1, 0.15) is 37.7 Å². The molecule has 0 aliphatic heterocycles. The molecular weight excluding hydrogens is 377 g/mol. The molecule has 2 aromatic carbocycles. The van der Waals surface area contributed by atoms with Crippen LogP contribution in [-0.2, 0) is 18.5 Å². The lowest BCUT2D eigenvalue weighted by Crippen LogP contribution is -2.43. The molecule has 0 amide bonds. The van der Waals surface area contributed by atoms with Crippen LogP contribution in [0.4, 0.5) is 4.39 Å². The highest BCUT2D eigenvalue weighted by molar-refractivity contribution is 5.79. The van der Waals surface area contributed by atoms with Gasteiger partial charge in [-0.15, -0.1) is 0 Å². The molecule has 0 saturated carbocycles. The number of imidazole rings is 1. The van der Waals surface area contributed by atoms with E-state index in [-0.39, 0.29) is 11.2 Å². The van der Waals surface area contributed by atoms with Crippen molar-refractivity contribution in [1.29, 1.82) is 0 Å². The van der Waals surface area contributed by atoms with Crippen molar-refractivity contribution in [3.05, 3.63) is 89.8 Å². The predicted octanol–water partition coefficient (Wildman–Crippen LogP) is 4.10. The van der Waals surface area contributed by atoms with Gasteiger partial charge >= 0.3 is 0 Å². The predicted molar refractivity (Wildman–Crippen MR) is 120 cm³/mol. The Hall–Kier alpha value is -3.15. The fourth-order valence-corrected chi connectivity index (χ4v) is 3.22. The van der Waals surface area contributed by atoms with E-state index in [1.54, 1.807) is 18.3 Å². The van der Waals surface area contributed by atoms with Gasteiger partial charge < -0.3 is 15.2 Å². The van der Waals surface area contributed by atoms with Crippen LogP contribution in [0.2, 0.25) is 0 Å². The Balaban J connectivity index is 1.66. The third-order valence-electron chi connectivity index (χ3n) is 5.02. The first-order valence-electron chi connectivity index (χ1n) is 10.3. The van der Waals surface area contributed by atoms with Gasteiger partial charge in [-0.2, -0.15) is 0 Å². The van der Waals surface area contributed by atoms with Crippen LogP contribution >= 0.6 is 0 Å². The van der Waals surface area contributed by atoms with Gasteiger partial charge in [0.15, 0.2) is 5.96 Å². The maximum absolute atomic E-state index is 13.6. The Morgan fingerprint density at radius 3 is 2.63 bits per heavy atom. The van der Waals surface area contributed by atoms with Crippen molar-refractivity contribution in [2.75, 3.05) is 13.1 Å². The number of benzene rings is 2. The minimum absolute atomic E-state index is 0.216. The fraction of sp³-hybridized carbons (Fsp3) is 0.333. The molecule has 0 fully saturated rings. The van der Waals surface area contributed by atoms with Gasteiger partial charge in [-0.3, -0.25) is 0 Å². The number of halogens is 1. The Labute approximate surface area is 178 Å². The maximum atomic E-state index is 13.6. The highest BCUT2D eigenvalue weighted by Crippen LogP contribution is 2.22. The van der Waals surface area contributed by atoms with Crippen LogP contribution < -0.4 is 10.6 Å². The van der Waals surface area contributed by atoms with Gasteiger partial charge in [-0.25, -0.2) is 14.4 Å². The molecule has 2 N–H and O–H groups in total. The minimum Gasteiger partial charge on any atom is -0.357 e. The van der Waals surface area contributed by atoms with Gasteiger partial charge in [0.05, 0.1) is 0 Å². The summed E-state index contributed by atoms with van der Waals surface area (Å²) in [6, 6.07) is 17.1. The largest absolute Gasteiger partial charge is 0.357 e. The normalized spacial score (nSPS) is 12.1. The second-order valence-corrected chi connectivity index (χ2v) is 7.90. The smallest absolute Gasteiger partial charge is 0.191 e. The first-order valence-corrected chi connectivity index (χ1v) is 10.3. The minimum atomic E-state index is -0.246. The maximum Gasteiger partial charge on any atom is 0.191 e. The zero-order valence-corrected chi connectivity index (χ0v) is 17.9. The number of hydrogen-bond acceptors (Lipinski definition) is 2. The van der Waals surface area contributed by atoms with Gasteiger partial charge in [0.2, 0.25) is 0 Å². The van der Waals surface area contributed by atoms with Crippen molar-refractivity contribution in [1.82, 2.24) is 20.2 Å². The first kappa shape index (κ1) is 21.6. The Kier molecular flexibility index (Phi) is 7.22. The molecule has 5 nitrogen and oxygen atoms in total. The van der Waals surface area contributed by atoms with Crippen LogP contribution in [0.25, 0.3) is 0 Å². The lowest BCUT2D eigenvalue weighted by atomic mass is 9.84. The lowest BCUT2D eigenvalue weighted by molar-refractivity contribution is 0.503. The number of guanidine groups is 1. The zero-order chi connectivity index (χ0) is 21.4. The van der Waals surface area contributed by atoms with Crippen molar-refractivity contribution in [3.63, 3.8) is 0 Å². The molecular formula is C24H30FN5. The average Bonchev–Trinajstić information content (AvgIpc) is 3.18. The van der Waals surface area contributed by atoms with Crippen molar-refractivity contribution in [2.24, 2.45) is 4.99 Å². The van der Waals surface area contributed by atoms with Crippen LogP contribution in [0, 0.1) is 5.82 Å². The SMILES string of the molecule is CCNC(=NCc1nccn1Cc1ccccc1)NCC(C)(C)c1cccc(F)c1. The van der Waals surface area contributed by atoms with E-state index in [0.717, 1.165) is 30.4 Å². The van der Waals surface area contributed by atoms with Crippen LogP contribution in [0.15, 0.2) is 72.0 Å². The second kappa shape index (κ2) is 10.1. The molecule has 1 aromatic heterocycles. The van der Waals surface area contributed by atoms with E-state index in [0.29, 0.717) is 13.1 Å². The molecule has 0 unspecified atom stereocenters. The lowest BCUT2D eigenvalue weighted by Gasteiger charge is -2.27. The van der Waals surface area contributed by atoms with E-state index in [4.69, 9.17) is 4.99 Å². The molecule has 0 radical (unpaired) electrons. The van der Waals surface area contributed by atoms with E-state index in [1.165, 1.54) is 11.6 Å². The summed E-state index contributed by atoms with van der Waals surface area (Å²) in [6.45, 7) is 8.82. The Bertz CT molecular complexity index is 962. The summed E-state index contributed by atoms with van der Waals surface area (Å²) >= 11 is 0.